The zero-order chi connectivity index (χ0) is 14.9. The third kappa shape index (κ3) is 3.07. The molecule has 0 saturated heterocycles. The molecule has 0 aliphatic heterocycles. The highest BCUT2D eigenvalue weighted by molar-refractivity contribution is 5.90. The number of benzene rings is 2. The molecular weight excluding hydrogens is 260 g/mol. The molecule has 0 radical (unpaired) electrons. The van der Waals surface area contributed by atoms with E-state index in [1.807, 2.05) is 44.2 Å². The van der Waals surface area contributed by atoms with Gasteiger partial charge in [-0.25, -0.2) is 4.79 Å². The largest absolute Gasteiger partial charge is 0.328 e. The fraction of sp³-hybridized carbons (Fsp3) is 0.278. The third-order valence-corrected chi connectivity index (χ3v) is 3.91. The van der Waals surface area contributed by atoms with Gasteiger partial charge < -0.3 is 10.6 Å². The van der Waals surface area contributed by atoms with Gasteiger partial charge >= 0.3 is 6.03 Å². The number of rotatable bonds is 3. The molecule has 0 aromatic heterocycles. The molecule has 2 aromatic rings. The highest BCUT2D eigenvalue weighted by Gasteiger charge is 2.45. The molecule has 0 atom stereocenters. The number of carbonyl (C=O) groups excluding carboxylic acids is 1. The normalized spacial score (nSPS) is 15.3. The summed E-state index contributed by atoms with van der Waals surface area (Å²) in [5.41, 5.74) is 4.14. The van der Waals surface area contributed by atoms with Crippen LogP contribution in [0.15, 0.2) is 48.5 Å². The lowest BCUT2D eigenvalue weighted by atomic mass is 10.1. The van der Waals surface area contributed by atoms with Gasteiger partial charge in [-0.1, -0.05) is 36.4 Å². The average molecular weight is 280 g/mol. The summed E-state index contributed by atoms with van der Waals surface area (Å²) in [5, 5.41) is 6.06. The van der Waals surface area contributed by atoms with Crippen molar-refractivity contribution in [2.45, 2.75) is 32.2 Å². The van der Waals surface area contributed by atoms with E-state index in [1.165, 1.54) is 5.56 Å². The van der Waals surface area contributed by atoms with Gasteiger partial charge in [0, 0.05) is 5.69 Å². The molecule has 3 rings (SSSR count). The lowest BCUT2D eigenvalue weighted by Gasteiger charge is -2.18. The Morgan fingerprint density at radius 1 is 1.00 bits per heavy atom. The molecule has 108 valence electrons. The van der Waals surface area contributed by atoms with Crippen LogP contribution in [-0.2, 0) is 5.54 Å². The van der Waals surface area contributed by atoms with Crippen molar-refractivity contribution in [3.63, 3.8) is 0 Å². The maximum Gasteiger partial charge on any atom is 0.319 e. The van der Waals surface area contributed by atoms with Crippen molar-refractivity contribution in [2.24, 2.45) is 0 Å². The van der Waals surface area contributed by atoms with Crippen LogP contribution in [0.3, 0.4) is 0 Å². The summed E-state index contributed by atoms with van der Waals surface area (Å²) in [6, 6.07) is 16.1. The zero-order valence-electron chi connectivity index (χ0n) is 12.4. The fourth-order valence-electron chi connectivity index (χ4n) is 2.79. The van der Waals surface area contributed by atoms with Crippen LogP contribution in [0.5, 0.6) is 0 Å². The minimum atomic E-state index is -0.176. The van der Waals surface area contributed by atoms with Crippen LogP contribution in [0.4, 0.5) is 10.5 Å². The maximum absolute atomic E-state index is 12.2. The average Bonchev–Trinajstić information content (AvgIpc) is 3.19. The van der Waals surface area contributed by atoms with Crippen LogP contribution in [0, 0.1) is 13.8 Å². The molecule has 3 heteroatoms. The number of hydrogen-bond donors (Lipinski definition) is 2. The van der Waals surface area contributed by atoms with E-state index in [4.69, 9.17) is 0 Å². The quantitative estimate of drug-likeness (QED) is 0.872. The summed E-state index contributed by atoms with van der Waals surface area (Å²) in [6.45, 7) is 4.06. The standard InChI is InChI=1S/C18H20N2O/c1-13-10-14(2)12-16(11-13)19-17(21)20-18(8-9-18)15-6-4-3-5-7-15/h3-7,10-12H,8-9H2,1-2H3,(H2,19,20,21). The van der Waals surface area contributed by atoms with Crippen molar-refractivity contribution in [1.82, 2.24) is 5.32 Å². The summed E-state index contributed by atoms with van der Waals surface area (Å²) in [5.74, 6) is 0. The molecule has 1 aliphatic carbocycles. The van der Waals surface area contributed by atoms with Crippen molar-refractivity contribution in [2.75, 3.05) is 5.32 Å². The van der Waals surface area contributed by atoms with Crippen LogP contribution >= 0.6 is 0 Å². The summed E-state index contributed by atoms with van der Waals surface area (Å²) in [7, 11) is 0. The zero-order valence-corrected chi connectivity index (χ0v) is 12.4. The van der Waals surface area contributed by atoms with Crippen molar-refractivity contribution in [3.8, 4) is 0 Å². The SMILES string of the molecule is Cc1cc(C)cc(NC(=O)NC2(c3ccccc3)CC2)c1. The number of hydrogen-bond acceptors (Lipinski definition) is 1. The first-order chi connectivity index (χ1) is 10.1. The molecule has 1 aliphatic rings. The van der Waals surface area contributed by atoms with E-state index in [2.05, 4.69) is 28.8 Å². The molecular formula is C18H20N2O. The lowest BCUT2D eigenvalue weighted by Crippen LogP contribution is -2.38. The highest BCUT2D eigenvalue weighted by atomic mass is 16.2. The minimum Gasteiger partial charge on any atom is -0.328 e. The van der Waals surface area contributed by atoms with Crippen LogP contribution in [0.25, 0.3) is 0 Å². The van der Waals surface area contributed by atoms with Crippen molar-refractivity contribution in [1.29, 1.82) is 0 Å². The summed E-state index contributed by atoms with van der Waals surface area (Å²) in [6.07, 6.45) is 1.99. The molecule has 2 N–H and O–H groups in total. The second-order valence-corrected chi connectivity index (χ2v) is 5.90. The topological polar surface area (TPSA) is 41.1 Å². The number of nitrogens with one attached hydrogen (secondary N) is 2. The van der Waals surface area contributed by atoms with Gasteiger partial charge in [0.2, 0.25) is 0 Å². The molecule has 21 heavy (non-hydrogen) atoms. The van der Waals surface area contributed by atoms with E-state index < -0.39 is 0 Å². The van der Waals surface area contributed by atoms with E-state index in [9.17, 15) is 4.79 Å². The first-order valence-electron chi connectivity index (χ1n) is 7.30. The molecule has 0 bridgehead atoms. The predicted molar refractivity (Wildman–Crippen MR) is 85.4 cm³/mol. The first kappa shape index (κ1) is 13.7. The Bertz CT molecular complexity index is 640. The number of anilines is 1. The third-order valence-electron chi connectivity index (χ3n) is 3.91. The van der Waals surface area contributed by atoms with Gasteiger partial charge in [0.1, 0.15) is 0 Å². The predicted octanol–water partition coefficient (Wildman–Crippen LogP) is 4.11. The Hall–Kier alpha value is -2.29. The molecule has 0 unspecified atom stereocenters. The number of aryl methyl sites for hydroxylation is 2. The lowest BCUT2D eigenvalue weighted by molar-refractivity contribution is 0.247. The van der Waals surface area contributed by atoms with Crippen molar-refractivity contribution >= 4 is 11.7 Å². The number of carbonyl (C=O) groups is 1. The van der Waals surface area contributed by atoms with E-state index in [1.54, 1.807) is 0 Å². The van der Waals surface area contributed by atoms with Gasteiger partial charge in [0.05, 0.1) is 5.54 Å². The monoisotopic (exact) mass is 280 g/mol. The molecule has 0 heterocycles. The summed E-state index contributed by atoms with van der Waals surface area (Å²) < 4.78 is 0. The van der Waals surface area contributed by atoms with E-state index in [0.29, 0.717) is 0 Å². The molecule has 1 fully saturated rings. The van der Waals surface area contributed by atoms with Crippen LogP contribution in [0.1, 0.15) is 29.5 Å². The first-order valence-corrected chi connectivity index (χ1v) is 7.30. The van der Waals surface area contributed by atoms with E-state index in [0.717, 1.165) is 29.7 Å². The number of amides is 2. The summed E-state index contributed by atoms with van der Waals surface area (Å²) in [4.78, 5) is 12.2. The van der Waals surface area contributed by atoms with Crippen molar-refractivity contribution in [3.05, 3.63) is 65.2 Å². The minimum absolute atomic E-state index is 0.138. The Morgan fingerprint density at radius 3 is 2.19 bits per heavy atom. The van der Waals surface area contributed by atoms with E-state index >= 15 is 0 Å². The molecule has 2 aromatic carbocycles. The maximum atomic E-state index is 12.2. The second kappa shape index (κ2) is 5.24. The van der Waals surface area contributed by atoms with E-state index in [-0.39, 0.29) is 11.6 Å². The Morgan fingerprint density at radius 2 is 1.62 bits per heavy atom. The van der Waals surface area contributed by atoms with Crippen molar-refractivity contribution < 1.29 is 4.79 Å². The number of urea groups is 1. The molecule has 1 saturated carbocycles. The second-order valence-electron chi connectivity index (χ2n) is 5.90. The van der Waals surface area contributed by atoms with Gasteiger partial charge in [-0.2, -0.15) is 0 Å². The van der Waals surface area contributed by atoms with Gasteiger partial charge in [-0.05, 0) is 55.5 Å². The molecule has 3 nitrogen and oxygen atoms in total. The Labute approximate surface area is 125 Å². The van der Waals surface area contributed by atoms with Crippen LogP contribution < -0.4 is 10.6 Å². The van der Waals surface area contributed by atoms with Gasteiger partial charge in [0.15, 0.2) is 0 Å². The van der Waals surface area contributed by atoms with Crippen LogP contribution in [-0.4, -0.2) is 6.03 Å². The van der Waals surface area contributed by atoms with Crippen LogP contribution in [0.2, 0.25) is 0 Å². The van der Waals surface area contributed by atoms with Gasteiger partial charge in [-0.3, -0.25) is 0 Å². The Balaban J connectivity index is 1.70. The van der Waals surface area contributed by atoms with Gasteiger partial charge in [0.25, 0.3) is 0 Å². The molecule has 0 spiro atoms. The Kier molecular flexibility index (Phi) is 3.42. The highest BCUT2D eigenvalue weighted by Crippen LogP contribution is 2.45. The smallest absolute Gasteiger partial charge is 0.319 e. The molecule has 2 amide bonds. The fourth-order valence-corrected chi connectivity index (χ4v) is 2.79. The summed E-state index contributed by atoms with van der Waals surface area (Å²) >= 11 is 0. The van der Waals surface area contributed by atoms with Gasteiger partial charge in [-0.15, -0.1) is 0 Å².